The second kappa shape index (κ2) is 7.46. The van der Waals surface area contributed by atoms with Gasteiger partial charge in [-0.05, 0) is 104 Å². The molecule has 0 radical (unpaired) electrons. The van der Waals surface area contributed by atoms with E-state index in [-0.39, 0.29) is 34.7 Å². The largest absolute Gasteiger partial charge is 0.481 e. The number of aliphatic carboxylic acids is 1. The van der Waals surface area contributed by atoms with Gasteiger partial charge in [0.1, 0.15) is 6.10 Å². The Kier molecular flexibility index (Phi) is 5.24. The van der Waals surface area contributed by atoms with Crippen LogP contribution in [0.2, 0.25) is 0 Å². The van der Waals surface area contributed by atoms with Crippen LogP contribution < -0.4 is 0 Å². The number of hydrogen-bond acceptors (Lipinski definition) is 3. The summed E-state index contributed by atoms with van der Waals surface area (Å²) in [4.78, 5) is 23.7. The summed E-state index contributed by atoms with van der Waals surface area (Å²) in [7, 11) is 0. The highest BCUT2D eigenvalue weighted by Gasteiger charge is 2.79. The van der Waals surface area contributed by atoms with Gasteiger partial charge in [0.15, 0.2) is 0 Å². The van der Waals surface area contributed by atoms with Crippen LogP contribution in [0.5, 0.6) is 0 Å². The standard InChI is InChI=1S/C29H42O4/c1-6-20-8-10-23-27(5)13-11-21(19(3)22-9-7-18(2)25(32)33-22)26(27,4)15-16-29(23)17-28(20,29)14-12-24(30)31/h6-7,19-23H,1,8-17H2,2-5H3,(H,30,31)/t19-,20+,21+,22?,23-,26+,27-,28+,29-/m0/s1. The Hall–Kier alpha value is -1.58. The Balaban J connectivity index is 1.42. The number of esters is 1. The van der Waals surface area contributed by atoms with E-state index >= 15 is 0 Å². The Morgan fingerprint density at radius 1 is 1.24 bits per heavy atom. The quantitative estimate of drug-likeness (QED) is 0.365. The molecule has 182 valence electrons. The van der Waals surface area contributed by atoms with Gasteiger partial charge in [0, 0.05) is 18.4 Å². The molecular weight excluding hydrogens is 412 g/mol. The summed E-state index contributed by atoms with van der Waals surface area (Å²) < 4.78 is 5.89. The summed E-state index contributed by atoms with van der Waals surface area (Å²) in [6, 6.07) is 0. The molecule has 5 aliphatic rings. The van der Waals surface area contributed by atoms with Crippen LogP contribution in [0, 0.1) is 45.3 Å². The van der Waals surface area contributed by atoms with Crippen LogP contribution in [0.15, 0.2) is 24.3 Å². The number of rotatable bonds is 6. The number of cyclic esters (lactones) is 1. The molecule has 1 aliphatic heterocycles. The first-order valence-electron chi connectivity index (χ1n) is 13.3. The van der Waals surface area contributed by atoms with Crippen molar-refractivity contribution in [2.75, 3.05) is 0 Å². The Bertz CT molecular complexity index is 905. The van der Waals surface area contributed by atoms with Crippen LogP contribution in [0.25, 0.3) is 0 Å². The fourth-order valence-corrected chi connectivity index (χ4v) is 10.1. The summed E-state index contributed by atoms with van der Waals surface area (Å²) in [6.07, 6.45) is 14.6. The molecular formula is C29H42O4. The van der Waals surface area contributed by atoms with E-state index in [2.05, 4.69) is 39.5 Å². The highest BCUT2D eigenvalue weighted by atomic mass is 16.5. The van der Waals surface area contributed by atoms with E-state index in [1.807, 2.05) is 6.92 Å². The number of carbonyl (C=O) groups excluding carboxylic acids is 1. The van der Waals surface area contributed by atoms with Crippen LogP contribution in [0.1, 0.15) is 91.9 Å². The van der Waals surface area contributed by atoms with Crippen LogP contribution in [-0.2, 0) is 14.3 Å². The molecule has 33 heavy (non-hydrogen) atoms. The van der Waals surface area contributed by atoms with E-state index in [1.54, 1.807) is 0 Å². The van der Waals surface area contributed by atoms with Gasteiger partial charge in [-0.2, -0.15) is 0 Å². The van der Waals surface area contributed by atoms with Crippen molar-refractivity contribution in [2.24, 2.45) is 45.3 Å². The summed E-state index contributed by atoms with van der Waals surface area (Å²) in [5, 5.41) is 9.46. The van der Waals surface area contributed by atoms with Gasteiger partial charge in [-0.25, -0.2) is 4.79 Å². The first kappa shape index (κ1) is 23.2. The van der Waals surface area contributed by atoms with E-state index in [1.165, 1.54) is 38.5 Å². The van der Waals surface area contributed by atoms with Gasteiger partial charge in [-0.3, -0.25) is 4.79 Å². The number of carbonyl (C=O) groups is 2. The monoisotopic (exact) mass is 454 g/mol. The molecule has 1 heterocycles. The van der Waals surface area contributed by atoms with Crippen molar-refractivity contribution in [3.8, 4) is 0 Å². The lowest BCUT2D eigenvalue weighted by Gasteiger charge is -2.61. The smallest absolute Gasteiger partial charge is 0.333 e. The highest BCUT2D eigenvalue weighted by Crippen LogP contribution is 2.87. The molecule has 1 unspecified atom stereocenters. The molecule has 4 heteroatoms. The minimum absolute atomic E-state index is 0.00616. The van der Waals surface area contributed by atoms with E-state index in [9.17, 15) is 14.7 Å². The molecule has 0 saturated heterocycles. The average molecular weight is 455 g/mol. The van der Waals surface area contributed by atoms with E-state index in [0.29, 0.717) is 29.1 Å². The van der Waals surface area contributed by atoms with Crippen molar-refractivity contribution >= 4 is 11.9 Å². The predicted molar refractivity (Wildman–Crippen MR) is 128 cm³/mol. The third kappa shape index (κ3) is 2.94. The number of hydrogen-bond donors (Lipinski definition) is 1. The lowest BCUT2D eigenvalue weighted by atomic mass is 9.44. The molecule has 1 N–H and O–H groups in total. The molecule has 9 atom stereocenters. The zero-order chi connectivity index (χ0) is 23.8. The SMILES string of the molecule is C=C[C@@H]1CC[C@@H]2[C@]3(CC[C@]4(C)[C@@H]([C@H](C)C5CC=C(C)C(=O)O5)CC[C@@]24C)C[C@]13CCC(=O)O. The minimum atomic E-state index is -0.663. The van der Waals surface area contributed by atoms with Crippen LogP contribution in [0.4, 0.5) is 0 Å². The first-order chi connectivity index (χ1) is 15.5. The van der Waals surface area contributed by atoms with Crippen LogP contribution in [-0.4, -0.2) is 23.1 Å². The number of allylic oxidation sites excluding steroid dienone is 1. The van der Waals surface area contributed by atoms with Crippen LogP contribution in [0.3, 0.4) is 0 Å². The molecule has 0 aromatic carbocycles. The zero-order valence-electron chi connectivity index (χ0n) is 21.0. The van der Waals surface area contributed by atoms with E-state index in [4.69, 9.17) is 4.74 Å². The number of fused-ring (bicyclic) bond motifs is 2. The van der Waals surface area contributed by atoms with Gasteiger partial charge >= 0.3 is 11.9 Å². The van der Waals surface area contributed by atoms with Gasteiger partial charge in [0.2, 0.25) is 0 Å². The Labute approximate surface area is 199 Å². The molecule has 0 aromatic rings. The second-order valence-electron chi connectivity index (χ2n) is 12.8. The van der Waals surface area contributed by atoms with Crippen LogP contribution >= 0.6 is 0 Å². The normalized spacial score (nSPS) is 49.1. The average Bonchev–Trinajstić information content (AvgIpc) is 3.37. The van der Waals surface area contributed by atoms with Gasteiger partial charge in [0.05, 0.1) is 0 Å². The zero-order valence-corrected chi connectivity index (χ0v) is 21.0. The third-order valence-electron chi connectivity index (χ3n) is 12.1. The molecule has 4 nitrogen and oxygen atoms in total. The lowest BCUT2D eigenvalue weighted by Crippen LogP contribution is -2.54. The molecule has 4 aliphatic carbocycles. The van der Waals surface area contributed by atoms with Gasteiger partial charge < -0.3 is 9.84 Å². The van der Waals surface area contributed by atoms with E-state index in [0.717, 1.165) is 24.8 Å². The van der Waals surface area contributed by atoms with Crippen molar-refractivity contribution in [3.63, 3.8) is 0 Å². The molecule has 4 fully saturated rings. The molecule has 0 bridgehead atoms. The van der Waals surface area contributed by atoms with E-state index < -0.39 is 5.97 Å². The molecule has 4 saturated carbocycles. The van der Waals surface area contributed by atoms with Gasteiger partial charge in [0.25, 0.3) is 0 Å². The maximum absolute atomic E-state index is 12.2. The number of carboxylic acids is 1. The van der Waals surface area contributed by atoms with Gasteiger partial charge in [-0.1, -0.05) is 32.9 Å². The summed E-state index contributed by atoms with van der Waals surface area (Å²) >= 11 is 0. The maximum Gasteiger partial charge on any atom is 0.333 e. The van der Waals surface area contributed by atoms with Crippen molar-refractivity contribution < 1.29 is 19.4 Å². The molecule has 5 rings (SSSR count). The molecule has 0 amide bonds. The third-order valence-corrected chi connectivity index (χ3v) is 12.1. The summed E-state index contributed by atoms with van der Waals surface area (Å²) in [6.45, 7) is 13.5. The topological polar surface area (TPSA) is 63.6 Å². The predicted octanol–water partition coefficient (Wildman–Crippen LogP) is 6.55. The van der Waals surface area contributed by atoms with Crippen molar-refractivity contribution in [2.45, 2.75) is 98.0 Å². The van der Waals surface area contributed by atoms with Crippen molar-refractivity contribution in [1.82, 2.24) is 0 Å². The number of carboxylic acid groups (broad SMARTS) is 1. The fraction of sp³-hybridized carbons (Fsp3) is 0.793. The second-order valence-corrected chi connectivity index (χ2v) is 12.8. The fourth-order valence-electron chi connectivity index (χ4n) is 10.1. The Morgan fingerprint density at radius 3 is 2.67 bits per heavy atom. The number of ether oxygens (including phenoxy) is 1. The lowest BCUT2D eigenvalue weighted by molar-refractivity contribution is -0.155. The first-order valence-corrected chi connectivity index (χ1v) is 13.3. The molecule has 0 aromatic heterocycles. The molecule has 1 spiro atoms. The van der Waals surface area contributed by atoms with Gasteiger partial charge in [-0.15, -0.1) is 6.58 Å². The maximum atomic E-state index is 12.2. The van der Waals surface area contributed by atoms with Crippen molar-refractivity contribution in [3.05, 3.63) is 24.3 Å². The Morgan fingerprint density at radius 2 is 2.00 bits per heavy atom. The summed E-state index contributed by atoms with van der Waals surface area (Å²) in [5.74, 6) is 1.25. The van der Waals surface area contributed by atoms with Crippen molar-refractivity contribution in [1.29, 1.82) is 0 Å². The minimum Gasteiger partial charge on any atom is -0.481 e. The highest BCUT2D eigenvalue weighted by molar-refractivity contribution is 5.88. The summed E-state index contributed by atoms with van der Waals surface area (Å²) in [5.41, 5.74) is 1.72.